The number of benzene rings is 1. The molecule has 1 aliphatic rings. The summed E-state index contributed by atoms with van der Waals surface area (Å²) in [5, 5.41) is 3.35. The highest BCUT2D eigenvalue weighted by molar-refractivity contribution is 5.92. The molecular formula is C15H19NO. The molecule has 0 bridgehead atoms. The lowest BCUT2D eigenvalue weighted by molar-refractivity contribution is -0.117. The van der Waals surface area contributed by atoms with Gasteiger partial charge in [0, 0.05) is 23.9 Å². The maximum atomic E-state index is 11.6. The van der Waals surface area contributed by atoms with Crippen LogP contribution in [0.3, 0.4) is 0 Å². The van der Waals surface area contributed by atoms with Crippen molar-refractivity contribution in [2.75, 3.05) is 5.32 Å². The zero-order chi connectivity index (χ0) is 12.5. The smallest absolute Gasteiger partial charge is 0.157 e. The van der Waals surface area contributed by atoms with Gasteiger partial charge < -0.3 is 5.32 Å². The van der Waals surface area contributed by atoms with Crippen LogP contribution in [0.15, 0.2) is 36.0 Å². The molecule has 0 radical (unpaired) electrons. The van der Waals surface area contributed by atoms with Crippen LogP contribution in [-0.2, 0) is 4.79 Å². The number of allylic oxidation sites excluding steroid dienone is 2. The van der Waals surface area contributed by atoms with Gasteiger partial charge in [-0.15, -0.1) is 0 Å². The van der Waals surface area contributed by atoms with Crippen molar-refractivity contribution < 1.29 is 4.79 Å². The fourth-order valence-electron chi connectivity index (χ4n) is 2.33. The highest BCUT2D eigenvalue weighted by atomic mass is 16.1. The molecule has 0 aromatic heterocycles. The molecule has 0 amide bonds. The Morgan fingerprint density at radius 3 is 2.65 bits per heavy atom. The van der Waals surface area contributed by atoms with Crippen molar-refractivity contribution in [3.05, 3.63) is 41.6 Å². The Labute approximate surface area is 103 Å². The van der Waals surface area contributed by atoms with Gasteiger partial charge in [0.15, 0.2) is 5.78 Å². The van der Waals surface area contributed by atoms with E-state index in [0.29, 0.717) is 6.42 Å². The summed E-state index contributed by atoms with van der Waals surface area (Å²) >= 11 is 0. The van der Waals surface area contributed by atoms with E-state index in [0.717, 1.165) is 17.8 Å². The summed E-state index contributed by atoms with van der Waals surface area (Å²) < 4.78 is 0. The summed E-state index contributed by atoms with van der Waals surface area (Å²) in [5.74, 6) is 0.219. The van der Waals surface area contributed by atoms with Crippen molar-refractivity contribution in [2.45, 2.75) is 33.6 Å². The first-order valence-corrected chi connectivity index (χ1v) is 6.02. The predicted molar refractivity (Wildman–Crippen MR) is 70.9 cm³/mol. The SMILES string of the molecule is Cc1cccc(NC2=CC(=O)CC(C)(C)C2)c1. The van der Waals surface area contributed by atoms with Crippen LogP contribution < -0.4 is 5.32 Å². The third-order valence-electron chi connectivity index (χ3n) is 2.98. The number of aryl methyl sites for hydroxylation is 1. The third kappa shape index (κ3) is 3.19. The Bertz CT molecular complexity index is 472. The molecule has 1 aromatic rings. The van der Waals surface area contributed by atoms with Crippen LogP contribution in [0, 0.1) is 12.3 Å². The van der Waals surface area contributed by atoms with Crippen molar-refractivity contribution in [1.29, 1.82) is 0 Å². The molecule has 0 saturated heterocycles. The van der Waals surface area contributed by atoms with E-state index in [1.54, 1.807) is 6.08 Å². The second kappa shape index (κ2) is 4.36. The number of hydrogen-bond acceptors (Lipinski definition) is 2. The first-order valence-electron chi connectivity index (χ1n) is 6.02. The minimum absolute atomic E-state index is 0.0675. The fourth-order valence-corrected chi connectivity index (χ4v) is 2.33. The fraction of sp³-hybridized carbons (Fsp3) is 0.400. The average Bonchev–Trinajstić information content (AvgIpc) is 2.13. The first kappa shape index (κ1) is 11.9. The van der Waals surface area contributed by atoms with Gasteiger partial charge in [0.05, 0.1) is 0 Å². The van der Waals surface area contributed by atoms with Crippen LogP contribution in [0.5, 0.6) is 0 Å². The molecule has 0 unspecified atom stereocenters. The van der Waals surface area contributed by atoms with Crippen molar-refractivity contribution in [1.82, 2.24) is 0 Å². The van der Waals surface area contributed by atoms with Crippen LogP contribution >= 0.6 is 0 Å². The van der Waals surface area contributed by atoms with Gasteiger partial charge in [0.2, 0.25) is 0 Å². The lowest BCUT2D eigenvalue weighted by Crippen LogP contribution is -2.24. The molecule has 1 aromatic carbocycles. The normalized spacial score (nSPS) is 18.8. The molecule has 17 heavy (non-hydrogen) atoms. The molecule has 2 heteroatoms. The Balaban J connectivity index is 2.16. The molecule has 0 aliphatic heterocycles. The Hall–Kier alpha value is -1.57. The topological polar surface area (TPSA) is 29.1 Å². The maximum Gasteiger partial charge on any atom is 0.157 e. The minimum atomic E-state index is 0.0675. The average molecular weight is 229 g/mol. The molecule has 2 rings (SSSR count). The molecule has 90 valence electrons. The number of carbonyl (C=O) groups excluding carboxylic acids is 1. The Morgan fingerprint density at radius 1 is 1.24 bits per heavy atom. The van der Waals surface area contributed by atoms with E-state index in [2.05, 4.69) is 38.2 Å². The van der Waals surface area contributed by atoms with Gasteiger partial charge in [-0.3, -0.25) is 4.79 Å². The van der Waals surface area contributed by atoms with Crippen LogP contribution in [0.1, 0.15) is 32.3 Å². The first-order chi connectivity index (χ1) is 7.94. The molecule has 0 atom stereocenters. The van der Waals surface area contributed by atoms with E-state index in [1.807, 2.05) is 12.1 Å². The minimum Gasteiger partial charge on any atom is -0.359 e. The quantitative estimate of drug-likeness (QED) is 0.838. The van der Waals surface area contributed by atoms with Crippen LogP contribution in [0.2, 0.25) is 0 Å². The second-order valence-electron chi connectivity index (χ2n) is 5.65. The summed E-state index contributed by atoms with van der Waals surface area (Å²) in [4.78, 5) is 11.6. The van der Waals surface area contributed by atoms with E-state index in [1.165, 1.54) is 5.56 Å². The highest BCUT2D eigenvalue weighted by Gasteiger charge is 2.27. The summed E-state index contributed by atoms with van der Waals surface area (Å²) in [5.41, 5.74) is 3.37. The Kier molecular flexibility index (Phi) is 3.05. The molecular weight excluding hydrogens is 210 g/mol. The predicted octanol–water partition coefficient (Wildman–Crippen LogP) is 3.68. The molecule has 1 N–H and O–H groups in total. The van der Waals surface area contributed by atoms with Crippen LogP contribution in [0.25, 0.3) is 0 Å². The monoisotopic (exact) mass is 229 g/mol. The van der Waals surface area contributed by atoms with E-state index in [9.17, 15) is 4.79 Å². The summed E-state index contributed by atoms with van der Waals surface area (Å²) in [7, 11) is 0. The zero-order valence-corrected chi connectivity index (χ0v) is 10.7. The van der Waals surface area contributed by atoms with E-state index in [4.69, 9.17) is 0 Å². The van der Waals surface area contributed by atoms with Gasteiger partial charge in [-0.25, -0.2) is 0 Å². The van der Waals surface area contributed by atoms with E-state index < -0.39 is 0 Å². The molecule has 2 nitrogen and oxygen atoms in total. The molecule has 1 aliphatic carbocycles. The second-order valence-corrected chi connectivity index (χ2v) is 5.65. The Morgan fingerprint density at radius 2 is 2.00 bits per heavy atom. The number of anilines is 1. The van der Waals surface area contributed by atoms with Gasteiger partial charge in [0.25, 0.3) is 0 Å². The lowest BCUT2D eigenvalue weighted by Gasteiger charge is -2.29. The van der Waals surface area contributed by atoms with Crippen molar-refractivity contribution in [3.8, 4) is 0 Å². The van der Waals surface area contributed by atoms with Gasteiger partial charge in [-0.1, -0.05) is 26.0 Å². The standard InChI is InChI=1S/C15H19NO/c1-11-5-4-6-12(7-11)16-13-8-14(17)10-15(2,3)9-13/h4-8,16H,9-10H2,1-3H3. The molecule has 0 heterocycles. The van der Waals surface area contributed by atoms with Gasteiger partial charge >= 0.3 is 0 Å². The number of nitrogens with one attached hydrogen (secondary N) is 1. The molecule has 0 spiro atoms. The van der Waals surface area contributed by atoms with Crippen LogP contribution in [-0.4, -0.2) is 5.78 Å². The zero-order valence-electron chi connectivity index (χ0n) is 10.7. The summed E-state index contributed by atoms with van der Waals surface area (Å²) in [6, 6.07) is 8.20. The number of carbonyl (C=O) groups is 1. The van der Waals surface area contributed by atoms with Gasteiger partial charge in [-0.05, 0) is 36.5 Å². The van der Waals surface area contributed by atoms with Crippen molar-refractivity contribution >= 4 is 11.5 Å². The van der Waals surface area contributed by atoms with Gasteiger partial charge in [-0.2, -0.15) is 0 Å². The number of ketones is 1. The summed E-state index contributed by atoms with van der Waals surface area (Å²) in [6.45, 7) is 6.33. The molecule has 0 saturated carbocycles. The van der Waals surface area contributed by atoms with Crippen LogP contribution in [0.4, 0.5) is 5.69 Å². The largest absolute Gasteiger partial charge is 0.359 e. The van der Waals surface area contributed by atoms with E-state index in [-0.39, 0.29) is 11.2 Å². The molecule has 0 fully saturated rings. The summed E-state index contributed by atoms with van der Waals surface area (Å²) in [6.07, 6.45) is 3.31. The van der Waals surface area contributed by atoms with E-state index >= 15 is 0 Å². The number of hydrogen-bond donors (Lipinski definition) is 1. The maximum absolute atomic E-state index is 11.6. The lowest BCUT2D eigenvalue weighted by atomic mass is 9.79. The van der Waals surface area contributed by atoms with Gasteiger partial charge in [0.1, 0.15) is 0 Å². The van der Waals surface area contributed by atoms with Crippen molar-refractivity contribution in [2.24, 2.45) is 5.41 Å². The van der Waals surface area contributed by atoms with Crippen molar-refractivity contribution in [3.63, 3.8) is 0 Å². The third-order valence-corrected chi connectivity index (χ3v) is 2.98. The number of rotatable bonds is 2. The highest BCUT2D eigenvalue weighted by Crippen LogP contribution is 2.33.